The highest BCUT2D eigenvalue weighted by atomic mass is 28.3. The predicted octanol–water partition coefficient (Wildman–Crippen LogP) is 5.05. The van der Waals surface area contributed by atoms with Crippen molar-refractivity contribution in [1.82, 2.24) is 4.90 Å². The number of nitrogens with zero attached hydrogens (tertiary/aromatic N) is 1. The van der Waals surface area contributed by atoms with Crippen LogP contribution in [0.25, 0.3) is 0 Å². The van der Waals surface area contributed by atoms with Gasteiger partial charge in [0.2, 0.25) is 0 Å². The lowest BCUT2D eigenvalue weighted by Gasteiger charge is -2.35. The Labute approximate surface area is 145 Å². The van der Waals surface area contributed by atoms with E-state index < -0.39 is 16.1 Å². The van der Waals surface area contributed by atoms with E-state index >= 15 is 0 Å². The van der Waals surface area contributed by atoms with Crippen LogP contribution >= 0.6 is 0 Å². The minimum Gasteiger partial charge on any atom is -0.475 e. The molecule has 2 aliphatic carbocycles. The summed E-state index contributed by atoms with van der Waals surface area (Å²) in [6.07, 6.45) is 7.36. The standard InChI is InChI=1S/C19H35NOSi2/c1-14(20(2)3)21-17-12-10-11-15-13-16(17)19(23(7,8)9)18(15)22(4,5)6/h10-11,15-17H,1,12-13H2,2-9H3/t15-,16-,17-/m0/s1. The number of rotatable bonds is 5. The summed E-state index contributed by atoms with van der Waals surface area (Å²) >= 11 is 0. The van der Waals surface area contributed by atoms with Gasteiger partial charge in [-0.1, -0.05) is 61.8 Å². The lowest BCUT2D eigenvalue weighted by Crippen LogP contribution is -2.38. The Morgan fingerprint density at radius 1 is 1.09 bits per heavy atom. The van der Waals surface area contributed by atoms with Crippen LogP contribution in [0, 0.1) is 11.8 Å². The molecule has 2 rings (SSSR count). The molecule has 2 bridgehead atoms. The van der Waals surface area contributed by atoms with Crippen LogP contribution in [0.1, 0.15) is 12.8 Å². The summed E-state index contributed by atoms with van der Waals surface area (Å²) < 4.78 is 6.33. The van der Waals surface area contributed by atoms with Gasteiger partial charge in [0.15, 0.2) is 5.88 Å². The Kier molecular flexibility index (Phi) is 5.08. The summed E-state index contributed by atoms with van der Waals surface area (Å²) in [5, 5.41) is 3.66. The van der Waals surface area contributed by atoms with Crippen LogP contribution in [0.15, 0.2) is 35.0 Å². The fourth-order valence-electron chi connectivity index (χ4n) is 4.29. The maximum absolute atomic E-state index is 6.33. The maximum Gasteiger partial charge on any atom is 0.181 e. The van der Waals surface area contributed by atoms with Crippen LogP contribution < -0.4 is 0 Å². The second-order valence-electron chi connectivity index (χ2n) is 9.38. The van der Waals surface area contributed by atoms with E-state index in [1.165, 1.54) is 6.42 Å². The Hall–Kier alpha value is -0.746. The molecule has 0 N–H and O–H groups in total. The van der Waals surface area contributed by atoms with Gasteiger partial charge in [-0.05, 0) is 18.9 Å². The van der Waals surface area contributed by atoms with E-state index in [9.17, 15) is 0 Å². The molecule has 0 fully saturated rings. The van der Waals surface area contributed by atoms with Gasteiger partial charge in [0, 0.05) is 26.4 Å². The molecule has 2 nitrogen and oxygen atoms in total. The summed E-state index contributed by atoms with van der Waals surface area (Å²) in [5.41, 5.74) is 0. The fraction of sp³-hybridized carbons (Fsp3) is 0.684. The largest absolute Gasteiger partial charge is 0.475 e. The Morgan fingerprint density at radius 2 is 1.65 bits per heavy atom. The highest BCUT2D eigenvalue weighted by Crippen LogP contribution is 2.50. The van der Waals surface area contributed by atoms with Crippen LogP contribution in [-0.4, -0.2) is 41.2 Å². The van der Waals surface area contributed by atoms with Gasteiger partial charge in [0.25, 0.3) is 0 Å². The molecule has 130 valence electrons. The second kappa shape index (κ2) is 6.28. The van der Waals surface area contributed by atoms with Gasteiger partial charge in [-0.3, -0.25) is 0 Å². The zero-order chi connectivity index (χ0) is 17.6. The van der Waals surface area contributed by atoms with Gasteiger partial charge in [0.05, 0.1) is 16.1 Å². The highest BCUT2D eigenvalue weighted by Gasteiger charge is 2.47. The van der Waals surface area contributed by atoms with Gasteiger partial charge < -0.3 is 9.64 Å². The molecule has 0 saturated carbocycles. The average Bonchev–Trinajstić information content (AvgIpc) is 2.64. The number of allylic oxidation sites excluding steroid dienone is 2. The summed E-state index contributed by atoms with van der Waals surface area (Å²) in [6, 6.07) is 0. The van der Waals surface area contributed by atoms with Crippen molar-refractivity contribution in [3.63, 3.8) is 0 Å². The van der Waals surface area contributed by atoms with Crippen LogP contribution in [-0.2, 0) is 4.74 Å². The molecule has 0 aromatic heterocycles. The highest BCUT2D eigenvalue weighted by molar-refractivity contribution is 6.89. The molecule has 3 atom stereocenters. The topological polar surface area (TPSA) is 12.5 Å². The first-order chi connectivity index (χ1) is 10.4. The van der Waals surface area contributed by atoms with E-state index in [2.05, 4.69) is 58.0 Å². The van der Waals surface area contributed by atoms with Gasteiger partial charge in [0.1, 0.15) is 6.10 Å². The molecule has 0 spiro atoms. The third-order valence-corrected chi connectivity index (χ3v) is 9.89. The molecule has 0 radical (unpaired) electrons. The van der Waals surface area contributed by atoms with E-state index in [1.807, 2.05) is 29.4 Å². The van der Waals surface area contributed by atoms with Crippen LogP contribution in [0.2, 0.25) is 39.3 Å². The van der Waals surface area contributed by atoms with E-state index in [4.69, 9.17) is 4.74 Å². The normalized spacial score (nSPS) is 27.9. The molecule has 0 amide bonds. The molecule has 0 aromatic rings. The maximum atomic E-state index is 6.33. The molecule has 0 aliphatic heterocycles. The molecule has 0 saturated heterocycles. The van der Waals surface area contributed by atoms with Crippen LogP contribution in [0.5, 0.6) is 0 Å². The first-order valence-corrected chi connectivity index (χ1v) is 15.9. The fourth-order valence-corrected chi connectivity index (χ4v) is 11.3. The molecular formula is C19H35NOSi2. The van der Waals surface area contributed by atoms with Crippen molar-refractivity contribution < 1.29 is 4.74 Å². The Bertz CT molecular complexity index is 535. The van der Waals surface area contributed by atoms with Crippen molar-refractivity contribution >= 4 is 16.1 Å². The predicted molar refractivity (Wildman–Crippen MR) is 107 cm³/mol. The van der Waals surface area contributed by atoms with E-state index in [0.717, 1.165) is 12.3 Å². The summed E-state index contributed by atoms with van der Waals surface area (Å²) in [4.78, 5) is 1.98. The van der Waals surface area contributed by atoms with E-state index in [-0.39, 0.29) is 6.10 Å². The van der Waals surface area contributed by atoms with Crippen molar-refractivity contribution in [3.05, 3.63) is 35.0 Å². The third-order valence-electron chi connectivity index (χ3n) is 5.13. The van der Waals surface area contributed by atoms with Crippen LogP contribution in [0.4, 0.5) is 0 Å². The quantitative estimate of drug-likeness (QED) is 0.391. The summed E-state index contributed by atoms with van der Waals surface area (Å²) in [7, 11) is 1.33. The van der Waals surface area contributed by atoms with Gasteiger partial charge in [-0.25, -0.2) is 0 Å². The van der Waals surface area contributed by atoms with Crippen molar-refractivity contribution in [2.24, 2.45) is 11.8 Å². The zero-order valence-corrected chi connectivity index (χ0v) is 18.4. The molecule has 0 aromatic carbocycles. The lowest BCUT2D eigenvalue weighted by atomic mass is 9.99. The molecule has 23 heavy (non-hydrogen) atoms. The van der Waals surface area contributed by atoms with E-state index in [0.29, 0.717) is 11.8 Å². The zero-order valence-electron chi connectivity index (χ0n) is 16.4. The van der Waals surface area contributed by atoms with Crippen LogP contribution in [0.3, 0.4) is 0 Å². The minimum absolute atomic E-state index is 0.252. The van der Waals surface area contributed by atoms with Crippen molar-refractivity contribution in [3.8, 4) is 0 Å². The number of hydrogen-bond donors (Lipinski definition) is 0. The van der Waals surface area contributed by atoms with Gasteiger partial charge >= 0.3 is 0 Å². The number of ether oxygens (including phenoxy) is 1. The first kappa shape index (κ1) is 18.6. The SMILES string of the molecule is C=C(O[C@H]1CC=C[C@H]2C[C@@H]1C([Si](C)(C)C)=C2[Si](C)(C)C)N(C)C. The van der Waals surface area contributed by atoms with Crippen molar-refractivity contribution in [1.29, 1.82) is 0 Å². The minimum atomic E-state index is -1.37. The molecule has 2 aliphatic rings. The molecular weight excluding hydrogens is 314 g/mol. The Morgan fingerprint density at radius 3 is 2.13 bits per heavy atom. The van der Waals surface area contributed by atoms with Crippen molar-refractivity contribution in [2.45, 2.75) is 58.2 Å². The summed E-state index contributed by atoms with van der Waals surface area (Å²) in [6.45, 7) is 19.2. The first-order valence-electron chi connectivity index (χ1n) is 8.87. The molecule has 0 unspecified atom stereocenters. The molecule has 4 heteroatoms. The average molecular weight is 350 g/mol. The smallest absolute Gasteiger partial charge is 0.181 e. The van der Waals surface area contributed by atoms with Gasteiger partial charge in [-0.2, -0.15) is 0 Å². The summed E-state index contributed by atoms with van der Waals surface area (Å²) in [5.74, 6) is 2.04. The number of hydrogen-bond acceptors (Lipinski definition) is 2. The lowest BCUT2D eigenvalue weighted by molar-refractivity contribution is 0.0424. The van der Waals surface area contributed by atoms with E-state index in [1.54, 1.807) is 0 Å². The monoisotopic (exact) mass is 349 g/mol. The second-order valence-corrected chi connectivity index (χ2v) is 19.5. The third kappa shape index (κ3) is 3.85. The Balaban J connectivity index is 2.46. The molecule has 0 heterocycles. The number of fused-ring (bicyclic) bond motifs is 2. The van der Waals surface area contributed by atoms with Crippen molar-refractivity contribution in [2.75, 3.05) is 14.1 Å². The van der Waals surface area contributed by atoms with Gasteiger partial charge in [-0.15, -0.1) is 0 Å².